The summed E-state index contributed by atoms with van der Waals surface area (Å²) in [5, 5.41) is 20.1. The molecule has 3 rings (SSSR count). The molecule has 1 fully saturated rings. The molecule has 1 unspecified atom stereocenters. The van der Waals surface area contributed by atoms with Crippen LogP contribution in [0.5, 0.6) is 0 Å². The maximum absolute atomic E-state index is 10.4. The molecule has 0 bridgehead atoms. The molecule has 1 saturated heterocycles. The van der Waals surface area contributed by atoms with Gasteiger partial charge in [-0.25, -0.2) is 0 Å². The van der Waals surface area contributed by atoms with E-state index in [0.29, 0.717) is 13.1 Å². The number of hydrogen-bond acceptors (Lipinski definition) is 4. The third-order valence-corrected chi connectivity index (χ3v) is 4.61. The van der Waals surface area contributed by atoms with E-state index in [2.05, 4.69) is 4.90 Å². The second-order valence-electron chi connectivity index (χ2n) is 6.74. The Morgan fingerprint density at radius 1 is 1.00 bits per heavy atom. The van der Waals surface area contributed by atoms with E-state index in [1.165, 1.54) is 0 Å². The lowest BCUT2D eigenvalue weighted by atomic mass is 10.0. The lowest BCUT2D eigenvalue weighted by Crippen LogP contribution is -2.43. The molecule has 1 heterocycles. The van der Waals surface area contributed by atoms with E-state index in [9.17, 15) is 10.2 Å². The normalized spacial score (nSPS) is 19.9. The number of benzene rings is 2. The summed E-state index contributed by atoms with van der Waals surface area (Å²) in [6.07, 6.45) is 0.797. The third-order valence-electron chi connectivity index (χ3n) is 4.61. The van der Waals surface area contributed by atoms with Gasteiger partial charge in [-0.05, 0) is 30.5 Å². The van der Waals surface area contributed by atoms with Gasteiger partial charge in [-0.2, -0.15) is 0 Å². The van der Waals surface area contributed by atoms with Crippen LogP contribution in [0.3, 0.4) is 0 Å². The van der Waals surface area contributed by atoms with Gasteiger partial charge in [0.15, 0.2) is 0 Å². The van der Waals surface area contributed by atoms with E-state index in [1.54, 1.807) is 0 Å². The summed E-state index contributed by atoms with van der Waals surface area (Å²) in [7, 11) is 0. The minimum atomic E-state index is -0.569. The number of β-amino-alcohol motifs (C(OH)–C–C–N with tert-alkyl or cyclic N) is 2. The lowest BCUT2D eigenvalue weighted by molar-refractivity contribution is -0.0205. The third kappa shape index (κ3) is 5.38. The molecule has 0 aromatic heterocycles. The average molecular weight is 341 g/mol. The van der Waals surface area contributed by atoms with E-state index in [0.717, 1.165) is 30.5 Å². The van der Waals surface area contributed by atoms with E-state index in [4.69, 9.17) is 4.74 Å². The maximum atomic E-state index is 10.4. The van der Waals surface area contributed by atoms with Gasteiger partial charge in [-0.15, -0.1) is 0 Å². The molecule has 1 aliphatic rings. The number of nitrogens with zero attached hydrogens (tertiary/aromatic N) is 1. The number of likely N-dealkylation sites (tertiary alicyclic amines) is 1. The lowest BCUT2D eigenvalue weighted by Gasteiger charge is -2.31. The van der Waals surface area contributed by atoms with Gasteiger partial charge >= 0.3 is 0 Å². The summed E-state index contributed by atoms with van der Waals surface area (Å²) < 4.78 is 6.11. The van der Waals surface area contributed by atoms with Gasteiger partial charge in [0.2, 0.25) is 0 Å². The van der Waals surface area contributed by atoms with Crippen LogP contribution >= 0.6 is 0 Å². The average Bonchev–Trinajstić information content (AvgIpc) is 2.64. The second-order valence-corrected chi connectivity index (χ2v) is 6.74. The fourth-order valence-corrected chi connectivity index (χ4v) is 3.40. The number of ether oxygens (including phenoxy) is 1. The van der Waals surface area contributed by atoms with Crippen molar-refractivity contribution in [3.05, 3.63) is 71.8 Å². The largest absolute Gasteiger partial charge is 0.392 e. The van der Waals surface area contributed by atoms with Crippen molar-refractivity contribution in [3.8, 4) is 0 Å². The number of aliphatic hydroxyl groups excluding tert-OH is 2. The minimum Gasteiger partial charge on any atom is -0.392 e. The van der Waals surface area contributed by atoms with Crippen molar-refractivity contribution in [3.63, 3.8) is 0 Å². The fraction of sp³-hybridized carbons (Fsp3) is 0.429. The first-order valence-corrected chi connectivity index (χ1v) is 9.02. The first-order chi connectivity index (χ1) is 12.2. The van der Waals surface area contributed by atoms with Crippen LogP contribution in [-0.4, -0.2) is 53.6 Å². The van der Waals surface area contributed by atoms with E-state index in [1.807, 2.05) is 60.7 Å². The fourth-order valence-electron chi connectivity index (χ4n) is 3.40. The molecule has 0 aliphatic carbocycles. The Labute approximate surface area is 149 Å². The van der Waals surface area contributed by atoms with Crippen LogP contribution in [0.2, 0.25) is 0 Å². The Bertz CT molecular complexity index is 580. The van der Waals surface area contributed by atoms with Gasteiger partial charge in [0.25, 0.3) is 0 Å². The zero-order chi connectivity index (χ0) is 17.5. The highest BCUT2D eigenvalue weighted by Crippen LogP contribution is 2.26. The Kier molecular flexibility index (Phi) is 6.59. The van der Waals surface area contributed by atoms with Crippen LogP contribution < -0.4 is 0 Å². The van der Waals surface area contributed by atoms with Crippen molar-refractivity contribution >= 4 is 0 Å². The van der Waals surface area contributed by atoms with Gasteiger partial charge in [0.1, 0.15) is 6.10 Å². The van der Waals surface area contributed by atoms with Crippen molar-refractivity contribution < 1.29 is 14.9 Å². The quantitative estimate of drug-likeness (QED) is 0.813. The van der Waals surface area contributed by atoms with Gasteiger partial charge in [0, 0.05) is 13.1 Å². The SMILES string of the molecule is OC(COC(c1ccccc1)c1ccccc1)CN1CCC[C@H](O)C1. The van der Waals surface area contributed by atoms with Crippen molar-refractivity contribution in [2.45, 2.75) is 31.2 Å². The monoisotopic (exact) mass is 341 g/mol. The highest BCUT2D eigenvalue weighted by Gasteiger charge is 2.21. The van der Waals surface area contributed by atoms with E-state index in [-0.39, 0.29) is 18.8 Å². The van der Waals surface area contributed by atoms with Crippen LogP contribution in [-0.2, 0) is 4.74 Å². The van der Waals surface area contributed by atoms with Crippen LogP contribution in [0, 0.1) is 0 Å². The topological polar surface area (TPSA) is 52.9 Å². The molecule has 2 aromatic carbocycles. The zero-order valence-corrected chi connectivity index (χ0v) is 14.5. The van der Waals surface area contributed by atoms with Gasteiger partial charge in [0.05, 0.1) is 18.8 Å². The molecule has 4 nitrogen and oxygen atoms in total. The minimum absolute atomic E-state index is 0.191. The molecular formula is C21H27NO3. The van der Waals surface area contributed by atoms with Crippen molar-refractivity contribution in [2.75, 3.05) is 26.2 Å². The summed E-state index contributed by atoms with van der Waals surface area (Å²) >= 11 is 0. The molecule has 0 amide bonds. The summed E-state index contributed by atoms with van der Waals surface area (Å²) in [4.78, 5) is 2.11. The summed E-state index contributed by atoms with van der Waals surface area (Å²) in [5.74, 6) is 0. The maximum Gasteiger partial charge on any atom is 0.108 e. The number of hydrogen-bond donors (Lipinski definition) is 2. The van der Waals surface area contributed by atoms with Crippen LogP contribution in [0.4, 0.5) is 0 Å². The number of aliphatic hydroxyl groups is 2. The summed E-state index contributed by atoms with van der Waals surface area (Å²) in [5.41, 5.74) is 2.16. The molecule has 2 aromatic rings. The van der Waals surface area contributed by atoms with Gasteiger partial charge < -0.3 is 14.9 Å². The molecule has 2 N–H and O–H groups in total. The molecule has 0 saturated carbocycles. The number of rotatable bonds is 7. The molecule has 25 heavy (non-hydrogen) atoms. The van der Waals surface area contributed by atoms with Gasteiger partial charge in [-0.1, -0.05) is 60.7 Å². The van der Waals surface area contributed by atoms with Gasteiger partial charge in [-0.3, -0.25) is 4.90 Å². The Hall–Kier alpha value is -1.72. The molecule has 134 valence electrons. The molecule has 1 aliphatic heterocycles. The van der Waals surface area contributed by atoms with Crippen molar-refractivity contribution in [2.24, 2.45) is 0 Å². The second kappa shape index (κ2) is 9.11. The van der Waals surface area contributed by atoms with Crippen molar-refractivity contribution in [1.29, 1.82) is 0 Å². The standard InChI is InChI=1S/C21H27NO3/c23-19-12-7-13-22(14-19)15-20(24)16-25-21(17-8-3-1-4-9-17)18-10-5-2-6-11-18/h1-6,8-11,19-21,23-24H,7,12-16H2/t19-,20?/m0/s1. The molecule has 4 heteroatoms. The van der Waals surface area contributed by atoms with Crippen LogP contribution in [0.25, 0.3) is 0 Å². The molecule has 0 radical (unpaired) electrons. The molecule has 0 spiro atoms. The molecular weight excluding hydrogens is 314 g/mol. The molecule has 2 atom stereocenters. The first-order valence-electron chi connectivity index (χ1n) is 9.02. The van der Waals surface area contributed by atoms with E-state index >= 15 is 0 Å². The number of piperidine rings is 1. The van der Waals surface area contributed by atoms with Crippen LogP contribution in [0.1, 0.15) is 30.1 Å². The van der Waals surface area contributed by atoms with Crippen LogP contribution in [0.15, 0.2) is 60.7 Å². The Morgan fingerprint density at radius 3 is 2.16 bits per heavy atom. The van der Waals surface area contributed by atoms with Crippen molar-refractivity contribution in [1.82, 2.24) is 4.90 Å². The summed E-state index contributed by atoms with van der Waals surface area (Å²) in [6, 6.07) is 20.2. The Morgan fingerprint density at radius 2 is 1.60 bits per heavy atom. The predicted molar refractivity (Wildman–Crippen MR) is 98.4 cm³/mol. The zero-order valence-electron chi connectivity index (χ0n) is 14.5. The predicted octanol–water partition coefficient (Wildman–Crippen LogP) is 2.61. The summed E-state index contributed by atoms with van der Waals surface area (Å²) in [6.45, 7) is 2.36. The first kappa shape index (κ1) is 18.1. The van der Waals surface area contributed by atoms with E-state index < -0.39 is 6.10 Å². The highest BCUT2D eigenvalue weighted by atomic mass is 16.5. The smallest absolute Gasteiger partial charge is 0.108 e. The highest BCUT2D eigenvalue weighted by molar-refractivity contribution is 5.29. The Balaban J connectivity index is 1.61.